The maximum atomic E-state index is 5.95. The van der Waals surface area contributed by atoms with Gasteiger partial charge >= 0.3 is 0 Å². The monoisotopic (exact) mass is 357 g/mol. The van der Waals surface area contributed by atoms with Crippen molar-refractivity contribution in [3.8, 4) is 5.75 Å². The van der Waals surface area contributed by atoms with Gasteiger partial charge < -0.3 is 10.1 Å². The largest absolute Gasteiger partial charge is 0.491 e. The maximum Gasteiger partial charge on any atom is 0.120 e. The Morgan fingerprint density at radius 2 is 2.30 bits per heavy atom. The van der Waals surface area contributed by atoms with Gasteiger partial charge in [0, 0.05) is 12.1 Å². The third-order valence-corrected chi connectivity index (χ3v) is 3.78. The fourth-order valence-electron chi connectivity index (χ4n) is 2.03. The van der Waals surface area contributed by atoms with Gasteiger partial charge in [0.1, 0.15) is 12.4 Å². The van der Waals surface area contributed by atoms with Gasteiger partial charge in [-0.3, -0.25) is 4.68 Å². The van der Waals surface area contributed by atoms with Gasteiger partial charge in [0.05, 0.1) is 22.4 Å². The van der Waals surface area contributed by atoms with Crippen LogP contribution in [0.15, 0.2) is 34.9 Å². The van der Waals surface area contributed by atoms with Crippen LogP contribution in [-0.2, 0) is 7.05 Å². The molecular formula is C14H17BrClN3O. The van der Waals surface area contributed by atoms with Gasteiger partial charge in [0.15, 0.2) is 0 Å². The summed E-state index contributed by atoms with van der Waals surface area (Å²) in [6.45, 7) is 3.42. The van der Waals surface area contributed by atoms with Crippen molar-refractivity contribution in [3.05, 3.63) is 45.7 Å². The summed E-state index contributed by atoms with van der Waals surface area (Å²) in [5, 5.41) is 8.31. The molecule has 0 amide bonds. The number of halogens is 2. The van der Waals surface area contributed by atoms with Gasteiger partial charge in [0.2, 0.25) is 0 Å². The summed E-state index contributed by atoms with van der Waals surface area (Å²) in [7, 11) is 1.92. The van der Waals surface area contributed by atoms with Crippen LogP contribution < -0.4 is 10.1 Å². The van der Waals surface area contributed by atoms with Crippen LogP contribution >= 0.6 is 27.5 Å². The SMILES string of the molecule is CCNC(COc1cccc(Cl)c1)c1c(Br)cnn1C. The average Bonchev–Trinajstić information content (AvgIpc) is 2.75. The fourth-order valence-corrected chi connectivity index (χ4v) is 2.83. The third kappa shape index (κ3) is 3.75. The van der Waals surface area contributed by atoms with E-state index in [1.54, 1.807) is 6.20 Å². The molecule has 0 aliphatic rings. The summed E-state index contributed by atoms with van der Waals surface area (Å²) >= 11 is 9.48. The molecule has 0 spiro atoms. The van der Waals surface area contributed by atoms with Gasteiger partial charge in [-0.05, 0) is 40.7 Å². The number of aryl methyl sites for hydroxylation is 1. The molecule has 6 heteroatoms. The average molecular weight is 359 g/mol. The van der Waals surface area contributed by atoms with Crippen LogP contribution in [0.1, 0.15) is 18.7 Å². The molecule has 1 aromatic carbocycles. The molecule has 20 heavy (non-hydrogen) atoms. The number of likely N-dealkylation sites (N-methyl/N-ethyl adjacent to an activating group) is 1. The topological polar surface area (TPSA) is 39.1 Å². The van der Waals surface area contributed by atoms with E-state index in [1.165, 1.54) is 0 Å². The second kappa shape index (κ2) is 7.11. The van der Waals surface area contributed by atoms with Crippen molar-refractivity contribution >= 4 is 27.5 Å². The van der Waals surface area contributed by atoms with E-state index in [9.17, 15) is 0 Å². The van der Waals surface area contributed by atoms with Crippen LogP contribution in [0.2, 0.25) is 5.02 Å². The predicted molar refractivity (Wildman–Crippen MR) is 84.3 cm³/mol. The molecular weight excluding hydrogens is 342 g/mol. The van der Waals surface area contributed by atoms with Crippen LogP contribution in [0.25, 0.3) is 0 Å². The zero-order valence-electron chi connectivity index (χ0n) is 11.4. The normalized spacial score (nSPS) is 12.4. The molecule has 2 rings (SSSR count). The molecule has 1 unspecified atom stereocenters. The first-order chi connectivity index (χ1) is 9.61. The van der Waals surface area contributed by atoms with Crippen molar-refractivity contribution in [2.75, 3.05) is 13.2 Å². The lowest BCUT2D eigenvalue weighted by atomic mass is 10.2. The highest BCUT2D eigenvalue weighted by molar-refractivity contribution is 9.10. The van der Waals surface area contributed by atoms with Gasteiger partial charge in [-0.15, -0.1) is 0 Å². The van der Waals surface area contributed by atoms with E-state index < -0.39 is 0 Å². The quantitative estimate of drug-likeness (QED) is 0.858. The molecule has 0 aliphatic carbocycles. The molecule has 2 aromatic rings. The van der Waals surface area contributed by atoms with Gasteiger partial charge in [-0.2, -0.15) is 5.10 Å². The zero-order chi connectivity index (χ0) is 14.5. The fraction of sp³-hybridized carbons (Fsp3) is 0.357. The minimum atomic E-state index is 0.0563. The number of ether oxygens (including phenoxy) is 1. The predicted octanol–water partition coefficient (Wildman–Crippen LogP) is 3.57. The number of rotatable bonds is 6. The first kappa shape index (κ1) is 15.4. The zero-order valence-corrected chi connectivity index (χ0v) is 13.8. The van der Waals surface area contributed by atoms with Crippen LogP contribution in [0, 0.1) is 0 Å². The smallest absolute Gasteiger partial charge is 0.120 e. The molecule has 0 aliphatic heterocycles. The summed E-state index contributed by atoms with van der Waals surface area (Å²) in [4.78, 5) is 0. The molecule has 108 valence electrons. The van der Waals surface area contributed by atoms with Gasteiger partial charge in [-0.1, -0.05) is 24.6 Å². The Morgan fingerprint density at radius 1 is 1.50 bits per heavy atom. The molecule has 1 atom stereocenters. The lowest BCUT2D eigenvalue weighted by Crippen LogP contribution is -2.28. The molecule has 1 aromatic heterocycles. The Morgan fingerprint density at radius 3 is 2.90 bits per heavy atom. The van der Waals surface area contributed by atoms with Crippen LogP contribution in [0.3, 0.4) is 0 Å². The summed E-state index contributed by atoms with van der Waals surface area (Å²) < 4.78 is 8.65. The molecule has 0 saturated heterocycles. The second-order valence-corrected chi connectivity index (χ2v) is 5.67. The Balaban J connectivity index is 2.10. The highest BCUT2D eigenvalue weighted by Gasteiger charge is 2.18. The summed E-state index contributed by atoms with van der Waals surface area (Å²) in [6, 6.07) is 7.46. The van der Waals surface area contributed by atoms with Gasteiger partial charge in [-0.25, -0.2) is 0 Å². The number of aromatic nitrogens is 2. The Kier molecular flexibility index (Phi) is 5.46. The Labute approximate surface area is 132 Å². The minimum absolute atomic E-state index is 0.0563. The summed E-state index contributed by atoms with van der Waals surface area (Å²) in [5.74, 6) is 0.763. The Bertz CT molecular complexity index is 554. The van der Waals surface area contributed by atoms with Crippen LogP contribution in [0.4, 0.5) is 0 Å². The number of benzene rings is 1. The van der Waals surface area contributed by atoms with E-state index in [4.69, 9.17) is 16.3 Å². The van der Waals surface area contributed by atoms with E-state index in [0.29, 0.717) is 11.6 Å². The van der Waals surface area contributed by atoms with Crippen molar-refractivity contribution in [2.45, 2.75) is 13.0 Å². The molecule has 0 radical (unpaired) electrons. The molecule has 4 nitrogen and oxygen atoms in total. The van der Waals surface area contributed by atoms with E-state index >= 15 is 0 Å². The molecule has 0 bridgehead atoms. The van der Waals surface area contributed by atoms with Crippen LogP contribution in [-0.4, -0.2) is 22.9 Å². The number of nitrogens with one attached hydrogen (secondary N) is 1. The maximum absolute atomic E-state index is 5.95. The highest BCUT2D eigenvalue weighted by atomic mass is 79.9. The van der Waals surface area contributed by atoms with Crippen molar-refractivity contribution in [2.24, 2.45) is 7.05 Å². The molecule has 1 N–H and O–H groups in total. The minimum Gasteiger partial charge on any atom is -0.491 e. The van der Waals surface area contributed by atoms with Crippen molar-refractivity contribution < 1.29 is 4.74 Å². The van der Waals surface area contributed by atoms with Crippen molar-refractivity contribution in [1.29, 1.82) is 0 Å². The van der Waals surface area contributed by atoms with E-state index in [2.05, 4.69) is 33.3 Å². The van der Waals surface area contributed by atoms with E-state index in [0.717, 1.165) is 22.5 Å². The van der Waals surface area contributed by atoms with Crippen molar-refractivity contribution in [1.82, 2.24) is 15.1 Å². The van der Waals surface area contributed by atoms with E-state index in [1.807, 2.05) is 36.0 Å². The molecule has 0 saturated carbocycles. The third-order valence-electron chi connectivity index (χ3n) is 2.93. The van der Waals surface area contributed by atoms with Gasteiger partial charge in [0.25, 0.3) is 0 Å². The molecule has 0 fully saturated rings. The van der Waals surface area contributed by atoms with Crippen molar-refractivity contribution in [3.63, 3.8) is 0 Å². The first-order valence-corrected chi connectivity index (χ1v) is 7.58. The lowest BCUT2D eigenvalue weighted by molar-refractivity contribution is 0.261. The number of hydrogen-bond donors (Lipinski definition) is 1. The highest BCUT2D eigenvalue weighted by Crippen LogP contribution is 2.24. The van der Waals surface area contributed by atoms with E-state index in [-0.39, 0.29) is 6.04 Å². The second-order valence-electron chi connectivity index (χ2n) is 4.38. The standard InChI is InChI=1S/C14H17BrClN3O/c1-3-17-13(14-12(15)8-18-19(14)2)9-20-11-6-4-5-10(16)7-11/h4-8,13,17H,3,9H2,1-2H3. The summed E-state index contributed by atoms with van der Waals surface area (Å²) in [6.07, 6.45) is 1.79. The summed E-state index contributed by atoms with van der Waals surface area (Å²) in [5.41, 5.74) is 1.06. The van der Waals surface area contributed by atoms with Crippen LogP contribution in [0.5, 0.6) is 5.75 Å². The molecule has 1 heterocycles. The number of nitrogens with zero attached hydrogens (tertiary/aromatic N) is 2. The number of hydrogen-bond acceptors (Lipinski definition) is 3. The first-order valence-electron chi connectivity index (χ1n) is 6.41. The lowest BCUT2D eigenvalue weighted by Gasteiger charge is -2.19. The Hall–Kier alpha value is -1.04.